The van der Waals surface area contributed by atoms with Crippen molar-refractivity contribution >= 4 is 28.9 Å². The summed E-state index contributed by atoms with van der Waals surface area (Å²) < 4.78 is 0. The maximum Gasteiger partial charge on any atom is 0.268 e. The number of aryl methyl sites for hydroxylation is 2. The highest BCUT2D eigenvalue weighted by atomic mass is 32.1. The van der Waals surface area contributed by atoms with Gasteiger partial charge in [-0.1, -0.05) is 6.92 Å². The maximum atomic E-state index is 12.4. The van der Waals surface area contributed by atoms with Crippen molar-refractivity contribution in [3.8, 4) is 0 Å². The highest BCUT2D eigenvalue weighted by Gasteiger charge is 2.18. The molecule has 0 spiro atoms. The van der Waals surface area contributed by atoms with Crippen LogP contribution in [0.15, 0.2) is 12.4 Å². The van der Waals surface area contributed by atoms with E-state index in [1.54, 1.807) is 0 Å². The number of piperidine rings is 1. The minimum absolute atomic E-state index is 0.162. The number of hydrogen-bond donors (Lipinski definition) is 1. The van der Waals surface area contributed by atoms with Crippen molar-refractivity contribution in [3.05, 3.63) is 28.0 Å². The van der Waals surface area contributed by atoms with Gasteiger partial charge in [-0.25, -0.2) is 15.0 Å². The van der Waals surface area contributed by atoms with Crippen LogP contribution in [-0.4, -0.2) is 33.9 Å². The Morgan fingerprint density at radius 2 is 2.04 bits per heavy atom. The first-order chi connectivity index (χ1) is 11.0. The molecule has 0 aliphatic carbocycles. The summed E-state index contributed by atoms with van der Waals surface area (Å²) in [6.07, 6.45) is 3.85. The first-order valence-corrected chi connectivity index (χ1v) is 8.67. The lowest BCUT2D eigenvalue weighted by Crippen LogP contribution is -2.33. The van der Waals surface area contributed by atoms with Crippen LogP contribution in [0, 0.1) is 19.8 Å². The zero-order valence-electron chi connectivity index (χ0n) is 13.7. The van der Waals surface area contributed by atoms with E-state index in [-0.39, 0.29) is 5.91 Å². The number of aromatic nitrogens is 3. The van der Waals surface area contributed by atoms with Crippen molar-refractivity contribution in [2.75, 3.05) is 23.3 Å². The minimum atomic E-state index is -0.162. The largest absolute Gasteiger partial charge is 0.356 e. The van der Waals surface area contributed by atoms with Crippen molar-refractivity contribution < 1.29 is 4.79 Å². The predicted octanol–water partition coefficient (Wildman–Crippen LogP) is 3.04. The van der Waals surface area contributed by atoms with Crippen LogP contribution < -0.4 is 10.2 Å². The molecule has 1 N–H and O–H groups in total. The highest BCUT2D eigenvalue weighted by Crippen LogP contribution is 2.23. The fourth-order valence-electron chi connectivity index (χ4n) is 2.74. The summed E-state index contributed by atoms with van der Waals surface area (Å²) in [7, 11) is 0. The van der Waals surface area contributed by atoms with Crippen molar-refractivity contribution in [3.63, 3.8) is 0 Å². The SMILES string of the molecule is Cc1nc(C)c(C(=O)Nc2cc(N3CCC(C)CC3)ncn2)s1. The van der Waals surface area contributed by atoms with Crippen molar-refractivity contribution in [1.29, 1.82) is 0 Å². The van der Waals surface area contributed by atoms with Crippen LogP contribution >= 0.6 is 11.3 Å². The van der Waals surface area contributed by atoms with Crippen LogP contribution in [0.3, 0.4) is 0 Å². The van der Waals surface area contributed by atoms with Gasteiger partial charge in [0, 0.05) is 19.2 Å². The normalized spacial score (nSPS) is 15.7. The molecule has 0 bridgehead atoms. The van der Waals surface area contributed by atoms with Gasteiger partial charge in [0.05, 0.1) is 10.7 Å². The highest BCUT2D eigenvalue weighted by molar-refractivity contribution is 7.13. The quantitative estimate of drug-likeness (QED) is 0.936. The molecule has 0 saturated carbocycles. The maximum absolute atomic E-state index is 12.4. The van der Waals surface area contributed by atoms with E-state index in [1.807, 2.05) is 19.9 Å². The first kappa shape index (κ1) is 15.9. The Hall–Kier alpha value is -2.02. The summed E-state index contributed by atoms with van der Waals surface area (Å²) in [6.45, 7) is 8.02. The Balaban J connectivity index is 1.72. The Morgan fingerprint density at radius 1 is 1.30 bits per heavy atom. The fraction of sp³-hybridized carbons (Fsp3) is 0.500. The predicted molar refractivity (Wildman–Crippen MR) is 92.2 cm³/mol. The molecule has 1 amide bonds. The molecule has 122 valence electrons. The molecule has 3 rings (SSSR count). The van der Waals surface area contributed by atoms with E-state index in [0.717, 1.165) is 35.5 Å². The van der Waals surface area contributed by atoms with Crippen molar-refractivity contribution in [2.24, 2.45) is 5.92 Å². The van der Waals surface area contributed by atoms with Crippen LogP contribution in [-0.2, 0) is 0 Å². The van der Waals surface area contributed by atoms with E-state index in [0.29, 0.717) is 10.7 Å². The van der Waals surface area contributed by atoms with Gasteiger partial charge in [0.15, 0.2) is 0 Å². The Kier molecular flexibility index (Phi) is 4.56. The molecule has 1 aliphatic heterocycles. The molecule has 2 aromatic heterocycles. The molecule has 23 heavy (non-hydrogen) atoms. The Bertz CT molecular complexity index is 706. The van der Waals surface area contributed by atoms with E-state index >= 15 is 0 Å². The van der Waals surface area contributed by atoms with Gasteiger partial charge in [-0.2, -0.15) is 0 Å². The molecule has 0 unspecified atom stereocenters. The first-order valence-electron chi connectivity index (χ1n) is 7.85. The summed E-state index contributed by atoms with van der Waals surface area (Å²) in [4.78, 5) is 28.0. The van der Waals surface area contributed by atoms with Gasteiger partial charge in [0.2, 0.25) is 0 Å². The van der Waals surface area contributed by atoms with Gasteiger partial charge < -0.3 is 10.2 Å². The smallest absolute Gasteiger partial charge is 0.268 e. The van der Waals surface area contributed by atoms with E-state index < -0.39 is 0 Å². The third kappa shape index (κ3) is 3.67. The van der Waals surface area contributed by atoms with Crippen LogP contribution in [0.2, 0.25) is 0 Å². The van der Waals surface area contributed by atoms with Crippen LogP contribution in [0.25, 0.3) is 0 Å². The third-order valence-corrected chi connectivity index (χ3v) is 5.18. The van der Waals surface area contributed by atoms with E-state index in [2.05, 4.69) is 32.1 Å². The molecular weight excluding hydrogens is 310 g/mol. The molecule has 1 saturated heterocycles. The molecule has 2 aromatic rings. The summed E-state index contributed by atoms with van der Waals surface area (Å²) in [5.41, 5.74) is 0.754. The number of nitrogens with one attached hydrogen (secondary N) is 1. The summed E-state index contributed by atoms with van der Waals surface area (Å²) in [5.74, 6) is 2.01. The average molecular weight is 331 g/mol. The second-order valence-corrected chi connectivity index (χ2v) is 7.24. The molecule has 0 atom stereocenters. The number of rotatable bonds is 3. The number of thiazole rings is 1. The molecule has 6 nitrogen and oxygen atoms in total. The van der Waals surface area contributed by atoms with Crippen molar-refractivity contribution in [2.45, 2.75) is 33.6 Å². The average Bonchev–Trinajstić information content (AvgIpc) is 2.87. The van der Waals surface area contributed by atoms with Crippen LogP contribution in [0.1, 0.15) is 40.1 Å². The molecule has 0 aromatic carbocycles. The summed E-state index contributed by atoms with van der Waals surface area (Å²) in [6, 6.07) is 1.84. The van der Waals surface area contributed by atoms with Crippen LogP contribution in [0.4, 0.5) is 11.6 Å². The zero-order valence-corrected chi connectivity index (χ0v) is 14.5. The lowest BCUT2D eigenvalue weighted by atomic mass is 9.99. The fourth-order valence-corrected chi connectivity index (χ4v) is 3.56. The van der Waals surface area contributed by atoms with Gasteiger partial charge in [-0.05, 0) is 32.6 Å². The zero-order chi connectivity index (χ0) is 16.4. The lowest BCUT2D eigenvalue weighted by Gasteiger charge is -2.31. The summed E-state index contributed by atoms with van der Waals surface area (Å²) in [5, 5.41) is 3.74. The van der Waals surface area contributed by atoms with Gasteiger partial charge in [0.1, 0.15) is 22.8 Å². The minimum Gasteiger partial charge on any atom is -0.356 e. The van der Waals surface area contributed by atoms with E-state index in [4.69, 9.17) is 0 Å². The van der Waals surface area contributed by atoms with Crippen molar-refractivity contribution in [1.82, 2.24) is 15.0 Å². The summed E-state index contributed by atoms with van der Waals surface area (Å²) >= 11 is 1.40. The molecule has 3 heterocycles. The second kappa shape index (κ2) is 6.62. The molecule has 7 heteroatoms. The number of nitrogens with zero attached hydrogens (tertiary/aromatic N) is 4. The Labute approximate surface area is 140 Å². The van der Waals surface area contributed by atoms with E-state index in [9.17, 15) is 4.79 Å². The number of hydrogen-bond acceptors (Lipinski definition) is 6. The second-order valence-electron chi connectivity index (χ2n) is 6.03. The standard InChI is InChI=1S/C16H21N5OS/c1-10-4-6-21(7-5-10)14-8-13(17-9-18-14)20-16(22)15-11(2)19-12(3)23-15/h8-10H,4-7H2,1-3H3,(H,17,18,20,22). The number of anilines is 2. The number of amides is 1. The van der Waals surface area contributed by atoms with Gasteiger partial charge in [0.25, 0.3) is 5.91 Å². The van der Waals surface area contributed by atoms with E-state index in [1.165, 1.54) is 30.5 Å². The third-order valence-electron chi connectivity index (χ3n) is 4.11. The Morgan fingerprint density at radius 3 is 2.70 bits per heavy atom. The van der Waals surface area contributed by atoms with Gasteiger partial charge in [-0.15, -0.1) is 11.3 Å². The molecule has 1 aliphatic rings. The monoisotopic (exact) mass is 331 g/mol. The number of carbonyl (C=O) groups excluding carboxylic acids is 1. The van der Waals surface area contributed by atoms with Gasteiger partial charge >= 0.3 is 0 Å². The molecule has 1 fully saturated rings. The molecular formula is C16H21N5OS. The van der Waals surface area contributed by atoms with Crippen LogP contribution in [0.5, 0.6) is 0 Å². The lowest BCUT2D eigenvalue weighted by molar-refractivity contribution is 0.102. The number of carbonyl (C=O) groups is 1. The van der Waals surface area contributed by atoms with Gasteiger partial charge in [-0.3, -0.25) is 4.79 Å². The molecule has 0 radical (unpaired) electrons. The topological polar surface area (TPSA) is 71.0 Å².